The van der Waals surface area contributed by atoms with Gasteiger partial charge in [0.1, 0.15) is 0 Å². The highest BCUT2D eigenvalue weighted by Gasteiger charge is 2.43. The summed E-state index contributed by atoms with van der Waals surface area (Å²) in [5, 5.41) is 3.48. The first-order chi connectivity index (χ1) is 9.36. The van der Waals surface area contributed by atoms with Gasteiger partial charge in [-0.15, -0.1) is 0 Å². The number of rotatable bonds is 1. The molecule has 0 atom stereocenters. The van der Waals surface area contributed by atoms with Crippen LogP contribution in [0, 0.1) is 5.41 Å². The SMILES string of the molecule is c1cc2c(c(N3CC4(CCCCC4)C3)c1)CCNC2. The molecular weight excluding hydrogens is 232 g/mol. The lowest BCUT2D eigenvalue weighted by Crippen LogP contribution is -2.57. The molecule has 1 aromatic carbocycles. The Labute approximate surface area is 116 Å². The molecule has 4 rings (SSSR count). The molecule has 1 saturated carbocycles. The molecule has 1 N–H and O–H groups in total. The lowest BCUT2D eigenvalue weighted by Gasteiger charge is -2.54. The fourth-order valence-electron chi connectivity index (χ4n) is 4.36. The molecule has 102 valence electrons. The van der Waals surface area contributed by atoms with Crippen LogP contribution in [0.1, 0.15) is 43.2 Å². The van der Waals surface area contributed by atoms with E-state index < -0.39 is 0 Å². The zero-order valence-electron chi connectivity index (χ0n) is 11.8. The monoisotopic (exact) mass is 256 g/mol. The highest BCUT2D eigenvalue weighted by molar-refractivity contribution is 5.59. The number of benzene rings is 1. The third-order valence-electron chi connectivity index (χ3n) is 5.42. The maximum atomic E-state index is 3.48. The Kier molecular flexibility index (Phi) is 2.80. The fraction of sp³-hybridized carbons (Fsp3) is 0.647. The predicted molar refractivity (Wildman–Crippen MR) is 79.6 cm³/mol. The van der Waals surface area contributed by atoms with Crippen LogP contribution in [0.25, 0.3) is 0 Å². The predicted octanol–water partition coefficient (Wildman–Crippen LogP) is 3.10. The van der Waals surface area contributed by atoms with Gasteiger partial charge in [0, 0.05) is 30.7 Å². The standard InChI is InChI=1S/C17H24N2/c1-2-8-17(9-3-1)12-19(13-17)16-6-4-5-14-11-18-10-7-15(14)16/h4-6,18H,1-3,7-13H2. The molecule has 3 aliphatic rings. The second-order valence-electron chi connectivity index (χ2n) is 6.76. The molecule has 2 heteroatoms. The molecule has 19 heavy (non-hydrogen) atoms. The van der Waals surface area contributed by atoms with Gasteiger partial charge in [-0.1, -0.05) is 31.4 Å². The van der Waals surface area contributed by atoms with E-state index in [0.29, 0.717) is 5.41 Å². The topological polar surface area (TPSA) is 15.3 Å². The van der Waals surface area contributed by atoms with Crippen LogP contribution in [0.4, 0.5) is 5.69 Å². The maximum absolute atomic E-state index is 3.48. The van der Waals surface area contributed by atoms with Crippen molar-refractivity contribution in [2.45, 2.75) is 45.1 Å². The van der Waals surface area contributed by atoms with E-state index in [-0.39, 0.29) is 0 Å². The van der Waals surface area contributed by atoms with Crippen LogP contribution >= 0.6 is 0 Å². The summed E-state index contributed by atoms with van der Waals surface area (Å²) in [5.41, 5.74) is 5.36. The minimum Gasteiger partial charge on any atom is -0.370 e. The molecule has 2 heterocycles. The van der Waals surface area contributed by atoms with E-state index in [9.17, 15) is 0 Å². The van der Waals surface area contributed by atoms with Crippen molar-refractivity contribution in [2.75, 3.05) is 24.5 Å². The highest BCUT2D eigenvalue weighted by Crippen LogP contribution is 2.46. The summed E-state index contributed by atoms with van der Waals surface area (Å²) in [4.78, 5) is 2.65. The molecule has 0 bridgehead atoms. The van der Waals surface area contributed by atoms with Gasteiger partial charge in [-0.05, 0) is 43.0 Å². The van der Waals surface area contributed by atoms with Crippen molar-refractivity contribution in [3.8, 4) is 0 Å². The number of hydrogen-bond acceptors (Lipinski definition) is 2. The quantitative estimate of drug-likeness (QED) is 0.830. The Morgan fingerprint density at radius 2 is 1.89 bits per heavy atom. The molecule has 0 aromatic heterocycles. The summed E-state index contributed by atoms with van der Waals surface area (Å²) < 4.78 is 0. The molecule has 0 amide bonds. The van der Waals surface area contributed by atoms with E-state index in [1.54, 1.807) is 5.56 Å². The van der Waals surface area contributed by atoms with Crippen molar-refractivity contribution in [1.29, 1.82) is 0 Å². The van der Waals surface area contributed by atoms with Gasteiger partial charge < -0.3 is 10.2 Å². The van der Waals surface area contributed by atoms with Crippen molar-refractivity contribution in [1.82, 2.24) is 5.32 Å². The molecule has 1 aliphatic carbocycles. The molecule has 0 unspecified atom stereocenters. The van der Waals surface area contributed by atoms with Gasteiger partial charge >= 0.3 is 0 Å². The number of nitrogens with one attached hydrogen (secondary N) is 1. The van der Waals surface area contributed by atoms with Crippen LogP contribution < -0.4 is 10.2 Å². The smallest absolute Gasteiger partial charge is 0.0402 e. The van der Waals surface area contributed by atoms with Crippen LogP contribution in [0.3, 0.4) is 0 Å². The summed E-state index contributed by atoms with van der Waals surface area (Å²) >= 11 is 0. The number of nitrogens with zero attached hydrogens (tertiary/aromatic N) is 1. The van der Waals surface area contributed by atoms with Gasteiger partial charge in [0.15, 0.2) is 0 Å². The van der Waals surface area contributed by atoms with Gasteiger partial charge in [-0.25, -0.2) is 0 Å². The van der Waals surface area contributed by atoms with Gasteiger partial charge in [-0.3, -0.25) is 0 Å². The van der Waals surface area contributed by atoms with E-state index in [4.69, 9.17) is 0 Å². The third kappa shape index (κ3) is 1.97. The van der Waals surface area contributed by atoms with Crippen molar-refractivity contribution in [3.63, 3.8) is 0 Å². The summed E-state index contributed by atoms with van der Waals surface area (Å²) in [5.74, 6) is 0. The molecule has 2 fully saturated rings. The van der Waals surface area contributed by atoms with Crippen LogP contribution in [-0.4, -0.2) is 19.6 Å². The fourth-order valence-corrected chi connectivity index (χ4v) is 4.36. The minimum atomic E-state index is 0.688. The van der Waals surface area contributed by atoms with Crippen LogP contribution in [0.15, 0.2) is 18.2 Å². The summed E-state index contributed by atoms with van der Waals surface area (Å²) in [6, 6.07) is 6.88. The minimum absolute atomic E-state index is 0.688. The molecular formula is C17H24N2. The normalized spacial score (nSPS) is 24.9. The van der Waals surface area contributed by atoms with E-state index in [1.165, 1.54) is 62.9 Å². The summed E-state index contributed by atoms with van der Waals surface area (Å²) in [6.45, 7) is 4.83. The van der Waals surface area contributed by atoms with Crippen LogP contribution in [0.2, 0.25) is 0 Å². The Morgan fingerprint density at radius 1 is 1.05 bits per heavy atom. The van der Waals surface area contributed by atoms with Gasteiger partial charge in [-0.2, -0.15) is 0 Å². The van der Waals surface area contributed by atoms with E-state index in [1.807, 2.05) is 0 Å². The van der Waals surface area contributed by atoms with Gasteiger partial charge in [0.05, 0.1) is 0 Å². The van der Waals surface area contributed by atoms with Crippen molar-refractivity contribution in [3.05, 3.63) is 29.3 Å². The Balaban J connectivity index is 1.55. The molecule has 1 spiro atoms. The largest absolute Gasteiger partial charge is 0.370 e. The van der Waals surface area contributed by atoms with Gasteiger partial charge in [0.25, 0.3) is 0 Å². The Morgan fingerprint density at radius 3 is 2.74 bits per heavy atom. The second kappa shape index (κ2) is 4.52. The van der Waals surface area contributed by atoms with E-state index in [2.05, 4.69) is 28.4 Å². The zero-order valence-corrected chi connectivity index (χ0v) is 11.8. The lowest BCUT2D eigenvalue weighted by molar-refractivity contribution is 0.139. The molecule has 2 nitrogen and oxygen atoms in total. The van der Waals surface area contributed by atoms with Crippen molar-refractivity contribution >= 4 is 5.69 Å². The van der Waals surface area contributed by atoms with Crippen molar-refractivity contribution in [2.24, 2.45) is 5.41 Å². The molecule has 1 aromatic rings. The third-order valence-corrected chi connectivity index (χ3v) is 5.42. The number of hydrogen-bond donors (Lipinski definition) is 1. The summed E-state index contributed by atoms with van der Waals surface area (Å²) in [6.07, 6.45) is 8.54. The molecule has 0 radical (unpaired) electrons. The second-order valence-corrected chi connectivity index (χ2v) is 6.76. The molecule has 1 saturated heterocycles. The van der Waals surface area contributed by atoms with Crippen molar-refractivity contribution < 1.29 is 0 Å². The Bertz CT molecular complexity index is 466. The first-order valence-electron chi connectivity index (χ1n) is 7.93. The van der Waals surface area contributed by atoms with E-state index in [0.717, 1.165) is 13.1 Å². The number of anilines is 1. The van der Waals surface area contributed by atoms with E-state index >= 15 is 0 Å². The number of fused-ring (bicyclic) bond motifs is 1. The highest BCUT2D eigenvalue weighted by atomic mass is 15.2. The van der Waals surface area contributed by atoms with Crippen LogP contribution in [0.5, 0.6) is 0 Å². The maximum Gasteiger partial charge on any atom is 0.0402 e. The molecule has 2 aliphatic heterocycles. The summed E-state index contributed by atoms with van der Waals surface area (Å²) in [7, 11) is 0. The van der Waals surface area contributed by atoms with Crippen LogP contribution in [-0.2, 0) is 13.0 Å². The zero-order chi connectivity index (χ0) is 12.7. The van der Waals surface area contributed by atoms with Gasteiger partial charge in [0.2, 0.25) is 0 Å². The first kappa shape index (κ1) is 11.8. The average Bonchev–Trinajstić information content (AvgIpc) is 2.45. The first-order valence-corrected chi connectivity index (χ1v) is 7.93. The average molecular weight is 256 g/mol. The lowest BCUT2D eigenvalue weighted by atomic mass is 9.68. The Hall–Kier alpha value is -1.02.